The molecule has 0 spiro atoms. The minimum Gasteiger partial charge on any atom is -0.320 e. The van der Waals surface area contributed by atoms with E-state index in [2.05, 4.69) is 5.32 Å². The van der Waals surface area contributed by atoms with Crippen LogP contribution in [0, 0.1) is 0 Å². The van der Waals surface area contributed by atoms with Crippen LogP contribution in [-0.2, 0) is 10.2 Å². The van der Waals surface area contributed by atoms with E-state index in [1.807, 2.05) is 44.3 Å². The Morgan fingerprint density at radius 2 is 1.84 bits per heavy atom. The van der Waals surface area contributed by atoms with E-state index in [0.29, 0.717) is 18.8 Å². The maximum absolute atomic E-state index is 12.5. The normalized spacial score (nSPS) is 11.8. The van der Waals surface area contributed by atoms with E-state index in [4.69, 9.17) is 0 Å². The monoisotopic (exact) mass is 285 g/mol. The highest BCUT2D eigenvalue weighted by Crippen LogP contribution is 2.18. The first kappa shape index (κ1) is 15.9. The molecule has 0 aliphatic rings. The van der Waals surface area contributed by atoms with Crippen LogP contribution >= 0.6 is 0 Å². The van der Waals surface area contributed by atoms with Crippen LogP contribution in [0.15, 0.2) is 30.3 Å². The van der Waals surface area contributed by atoms with Gasteiger partial charge < -0.3 is 5.32 Å². The van der Waals surface area contributed by atoms with E-state index >= 15 is 0 Å². The van der Waals surface area contributed by atoms with Crippen molar-refractivity contribution in [2.24, 2.45) is 0 Å². The average Bonchev–Trinajstić information content (AvgIpc) is 2.40. The fourth-order valence-electron chi connectivity index (χ4n) is 1.84. The van der Waals surface area contributed by atoms with Crippen LogP contribution in [0.4, 0.5) is 5.69 Å². The van der Waals surface area contributed by atoms with Crippen LogP contribution in [0.5, 0.6) is 0 Å². The summed E-state index contributed by atoms with van der Waals surface area (Å²) in [4.78, 5) is 0. The molecule has 0 unspecified atom stereocenters. The summed E-state index contributed by atoms with van der Waals surface area (Å²) in [6.45, 7) is 3.57. The number of benzene rings is 1. The van der Waals surface area contributed by atoms with Crippen molar-refractivity contribution in [3.8, 4) is 0 Å². The molecule has 1 aromatic carbocycles. The number of hydrogen-bond acceptors (Lipinski definition) is 3. The number of rotatable bonds is 8. The minimum absolute atomic E-state index is 0.419. The van der Waals surface area contributed by atoms with E-state index in [1.54, 1.807) is 7.05 Å². The van der Waals surface area contributed by atoms with Crippen molar-refractivity contribution in [2.75, 3.05) is 38.0 Å². The van der Waals surface area contributed by atoms with Crippen LogP contribution in [0.1, 0.15) is 13.3 Å². The average molecular weight is 285 g/mol. The third-order valence-electron chi connectivity index (χ3n) is 2.90. The van der Waals surface area contributed by atoms with Crippen molar-refractivity contribution in [3.63, 3.8) is 0 Å². The fourth-order valence-corrected chi connectivity index (χ4v) is 3.25. The van der Waals surface area contributed by atoms with Gasteiger partial charge >= 0.3 is 10.2 Å². The molecule has 0 aliphatic carbocycles. The summed E-state index contributed by atoms with van der Waals surface area (Å²) < 4.78 is 27.8. The molecule has 0 aromatic heterocycles. The third-order valence-corrected chi connectivity index (χ3v) is 4.90. The molecule has 0 saturated carbocycles. The molecule has 0 heterocycles. The fraction of sp³-hybridized carbons (Fsp3) is 0.538. The van der Waals surface area contributed by atoms with Crippen molar-refractivity contribution < 1.29 is 8.42 Å². The van der Waals surface area contributed by atoms with Gasteiger partial charge in [-0.05, 0) is 39.1 Å². The third kappa shape index (κ3) is 4.19. The van der Waals surface area contributed by atoms with Crippen molar-refractivity contribution in [1.82, 2.24) is 9.62 Å². The van der Waals surface area contributed by atoms with Crippen LogP contribution < -0.4 is 9.62 Å². The van der Waals surface area contributed by atoms with Gasteiger partial charge in [-0.1, -0.05) is 18.2 Å². The predicted molar refractivity (Wildman–Crippen MR) is 79.6 cm³/mol. The van der Waals surface area contributed by atoms with E-state index in [0.717, 1.165) is 13.0 Å². The standard InChI is InChI=1S/C13H23N3O2S/c1-4-16(13-9-6-5-7-10-13)19(17,18)15(3)12-8-11-14-2/h5-7,9-10,14H,4,8,11-12H2,1-3H3. The highest BCUT2D eigenvalue weighted by molar-refractivity contribution is 7.90. The molecule has 1 N–H and O–H groups in total. The van der Waals surface area contributed by atoms with Gasteiger partial charge in [0.25, 0.3) is 0 Å². The molecule has 108 valence electrons. The summed E-state index contributed by atoms with van der Waals surface area (Å²) in [6, 6.07) is 9.18. The first-order valence-corrected chi connectivity index (χ1v) is 7.87. The molecule has 0 bridgehead atoms. The van der Waals surface area contributed by atoms with Gasteiger partial charge in [-0.25, -0.2) is 0 Å². The summed E-state index contributed by atoms with van der Waals surface area (Å²) in [7, 11) is 0.0338. The highest BCUT2D eigenvalue weighted by Gasteiger charge is 2.25. The van der Waals surface area contributed by atoms with Gasteiger partial charge in [0.05, 0.1) is 5.69 Å². The summed E-state index contributed by atoms with van der Waals surface area (Å²) in [5, 5.41) is 3.01. The smallest absolute Gasteiger partial charge is 0.303 e. The lowest BCUT2D eigenvalue weighted by Crippen LogP contribution is -2.42. The Morgan fingerprint density at radius 3 is 2.37 bits per heavy atom. The molecule has 0 fully saturated rings. The first-order chi connectivity index (χ1) is 9.04. The molecule has 5 nitrogen and oxygen atoms in total. The Labute approximate surface area is 116 Å². The number of anilines is 1. The topological polar surface area (TPSA) is 52.7 Å². The molecular weight excluding hydrogens is 262 g/mol. The van der Waals surface area contributed by atoms with E-state index in [-0.39, 0.29) is 0 Å². The number of para-hydroxylation sites is 1. The zero-order chi connectivity index (χ0) is 14.3. The molecule has 0 amide bonds. The number of nitrogens with zero attached hydrogens (tertiary/aromatic N) is 2. The van der Waals surface area contributed by atoms with Crippen LogP contribution in [0.25, 0.3) is 0 Å². The van der Waals surface area contributed by atoms with Crippen molar-refractivity contribution in [2.45, 2.75) is 13.3 Å². The molecule has 19 heavy (non-hydrogen) atoms. The number of nitrogens with one attached hydrogen (secondary N) is 1. The summed E-state index contributed by atoms with van der Waals surface area (Å²) in [5.74, 6) is 0. The summed E-state index contributed by atoms with van der Waals surface area (Å²) in [5.41, 5.74) is 0.700. The quantitative estimate of drug-likeness (QED) is 0.733. The largest absolute Gasteiger partial charge is 0.320 e. The SMILES string of the molecule is CCN(c1ccccc1)S(=O)(=O)N(C)CCCNC. The van der Waals surface area contributed by atoms with E-state index < -0.39 is 10.2 Å². The minimum atomic E-state index is -3.45. The van der Waals surface area contributed by atoms with Gasteiger partial charge in [-0.2, -0.15) is 12.7 Å². The Balaban J connectivity index is 2.84. The molecule has 0 atom stereocenters. The van der Waals surface area contributed by atoms with Crippen molar-refractivity contribution in [1.29, 1.82) is 0 Å². The van der Waals surface area contributed by atoms with Crippen molar-refractivity contribution >= 4 is 15.9 Å². The van der Waals surface area contributed by atoms with Gasteiger partial charge in [0, 0.05) is 20.1 Å². The van der Waals surface area contributed by atoms with E-state index in [9.17, 15) is 8.42 Å². The lowest BCUT2D eigenvalue weighted by Gasteiger charge is -2.28. The molecule has 0 radical (unpaired) electrons. The predicted octanol–water partition coefficient (Wildman–Crippen LogP) is 1.30. The molecular formula is C13H23N3O2S. The van der Waals surface area contributed by atoms with Gasteiger partial charge in [-0.15, -0.1) is 0 Å². The van der Waals surface area contributed by atoms with Gasteiger partial charge in [0.15, 0.2) is 0 Å². The van der Waals surface area contributed by atoms with Gasteiger partial charge in [0.2, 0.25) is 0 Å². The molecule has 1 rings (SSSR count). The zero-order valence-corrected chi connectivity index (χ0v) is 12.7. The lowest BCUT2D eigenvalue weighted by atomic mass is 10.3. The zero-order valence-electron chi connectivity index (χ0n) is 11.8. The Morgan fingerprint density at radius 1 is 1.21 bits per heavy atom. The van der Waals surface area contributed by atoms with E-state index in [1.165, 1.54) is 8.61 Å². The maximum atomic E-state index is 12.5. The summed E-state index contributed by atoms with van der Waals surface area (Å²) in [6.07, 6.45) is 0.790. The second-order valence-electron chi connectivity index (χ2n) is 4.29. The Hall–Kier alpha value is -1.11. The maximum Gasteiger partial charge on any atom is 0.303 e. The number of hydrogen-bond donors (Lipinski definition) is 1. The second-order valence-corrected chi connectivity index (χ2v) is 6.25. The molecule has 1 aromatic rings. The van der Waals surface area contributed by atoms with Crippen molar-refractivity contribution in [3.05, 3.63) is 30.3 Å². The second kappa shape index (κ2) is 7.47. The molecule has 0 saturated heterocycles. The molecule has 6 heteroatoms. The van der Waals surface area contributed by atoms with Crippen LogP contribution in [0.2, 0.25) is 0 Å². The Kier molecular flexibility index (Phi) is 6.27. The Bertz CT molecular complexity index is 462. The lowest BCUT2D eigenvalue weighted by molar-refractivity contribution is 0.455. The highest BCUT2D eigenvalue weighted by atomic mass is 32.2. The van der Waals surface area contributed by atoms with Gasteiger partial charge in [-0.3, -0.25) is 4.31 Å². The van der Waals surface area contributed by atoms with Crippen LogP contribution in [0.3, 0.4) is 0 Å². The summed E-state index contributed by atoms with van der Waals surface area (Å²) >= 11 is 0. The first-order valence-electron chi connectivity index (χ1n) is 6.47. The molecule has 0 aliphatic heterocycles. The van der Waals surface area contributed by atoms with Crippen LogP contribution in [-0.4, -0.2) is 46.5 Å². The van der Waals surface area contributed by atoms with Gasteiger partial charge in [0.1, 0.15) is 0 Å².